The number of ether oxygens (including phenoxy) is 1. The molecular formula is C13H21N3O2. The van der Waals surface area contributed by atoms with E-state index in [1.165, 1.54) is 0 Å². The number of aliphatic hydroxyl groups is 1. The quantitative estimate of drug-likeness (QED) is 0.514. The van der Waals surface area contributed by atoms with Gasteiger partial charge in [-0.1, -0.05) is 0 Å². The van der Waals surface area contributed by atoms with E-state index in [2.05, 4.69) is 0 Å². The zero-order valence-electron chi connectivity index (χ0n) is 11.1. The topological polar surface area (TPSA) is 82.6 Å². The third-order valence-electron chi connectivity index (χ3n) is 2.78. The summed E-state index contributed by atoms with van der Waals surface area (Å²) >= 11 is 0. The highest BCUT2D eigenvalue weighted by atomic mass is 16.5. The maximum atomic E-state index is 9.67. The Hall–Kier alpha value is -1.59. The second kappa shape index (κ2) is 6.37. The van der Waals surface area contributed by atoms with E-state index in [0.717, 1.165) is 16.8 Å². The van der Waals surface area contributed by atoms with Gasteiger partial charge in [0.05, 0.1) is 12.7 Å². The number of nitrogens with zero attached hydrogens (tertiary/aromatic N) is 1. The van der Waals surface area contributed by atoms with Gasteiger partial charge in [0.15, 0.2) is 0 Å². The van der Waals surface area contributed by atoms with Crippen LogP contribution in [0.4, 0.5) is 5.69 Å². The third kappa shape index (κ3) is 3.72. The predicted molar refractivity (Wildman–Crippen MR) is 73.3 cm³/mol. The molecule has 0 aliphatic carbocycles. The van der Waals surface area contributed by atoms with Gasteiger partial charge in [0.25, 0.3) is 0 Å². The number of likely N-dealkylation sites (N-methyl/N-ethyl adjacent to an activating group) is 1. The molecule has 1 rings (SSSR count). The molecule has 1 aromatic carbocycles. The Labute approximate surface area is 108 Å². The van der Waals surface area contributed by atoms with Crippen molar-refractivity contribution in [2.45, 2.75) is 13.0 Å². The zero-order valence-corrected chi connectivity index (χ0v) is 11.1. The van der Waals surface area contributed by atoms with Gasteiger partial charge in [-0.05, 0) is 30.7 Å². The molecule has 0 saturated heterocycles. The highest BCUT2D eigenvalue weighted by Gasteiger charge is 2.10. The number of nitrogens with one attached hydrogen (secondary N) is 1. The Kier molecular flexibility index (Phi) is 5.12. The summed E-state index contributed by atoms with van der Waals surface area (Å²) in [5.41, 5.74) is 8.15. The average molecular weight is 251 g/mol. The molecule has 0 bridgehead atoms. The van der Waals surface area contributed by atoms with Crippen molar-refractivity contribution in [1.82, 2.24) is 0 Å². The molecule has 0 radical (unpaired) electrons. The molecule has 0 heterocycles. The Morgan fingerprint density at radius 2 is 2.22 bits per heavy atom. The Bertz CT molecular complexity index is 421. The van der Waals surface area contributed by atoms with Crippen molar-refractivity contribution in [3.05, 3.63) is 29.3 Å². The van der Waals surface area contributed by atoms with E-state index >= 15 is 0 Å². The van der Waals surface area contributed by atoms with E-state index in [0.29, 0.717) is 13.2 Å². The number of rotatable bonds is 6. The van der Waals surface area contributed by atoms with Gasteiger partial charge in [-0.2, -0.15) is 0 Å². The van der Waals surface area contributed by atoms with Crippen molar-refractivity contribution in [2.24, 2.45) is 5.73 Å². The summed E-state index contributed by atoms with van der Waals surface area (Å²) in [6.45, 7) is 2.72. The molecule has 0 spiro atoms. The number of nitrogen functional groups attached to an aromatic ring is 1. The standard InChI is InChI=1S/C13H21N3O2/c1-9-6-10(4-5-12(9)13(14)15)16(2)7-11(17)8-18-3/h4-6,11,17H,7-8H2,1-3H3,(H3,14,15). The second-order valence-electron chi connectivity index (χ2n) is 4.40. The molecular weight excluding hydrogens is 230 g/mol. The van der Waals surface area contributed by atoms with Crippen molar-refractivity contribution in [3.8, 4) is 0 Å². The molecule has 0 saturated carbocycles. The smallest absolute Gasteiger partial charge is 0.123 e. The minimum absolute atomic E-state index is 0.0705. The van der Waals surface area contributed by atoms with E-state index in [4.69, 9.17) is 15.9 Å². The number of hydrogen-bond acceptors (Lipinski definition) is 4. The lowest BCUT2D eigenvalue weighted by molar-refractivity contribution is 0.0695. The number of aliphatic hydroxyl groups excluding tert-OH is 1. The maximum absolute atomic E-state index is 9.67. The SMILES string of the molecule is COCC(O)CN(C)c1ccc(C(=N)N)c(C)c1. The van der Waals surface area contributed by atoms with Crippen molar-refractivity contribution >= 4 is 11.5 Å². The van der Waals surface area contributed by atoms with Gasteiger partial charge >= 0.3 is 0 Å². The summed E-state index contributed by atoms with van der Waals surface area (Å²) in [4.78, 5) is 1.95. The largest absolute Gasteiger partial charge is 0.389 e. The fourth-order valence-electron chi connectivity index (χ4n) is 1.85. The number of anilines is 1. The van der Waals surface area contributed by atoms with Gasteiger partial charge in [0, 0.05) is 32.0 Å². The van der Waals surface area contributed by atoms with Crippen LogP contribution in [0.2, 0.25) is 0 Å². The number of methoxy groups -OCH3 is 1. The molecule has 0 amide bonds. The van der Waals surface area contributed by atoms with E-state index in [-0.39, 0.29) is 5.84 Å². The number of aryl methyl sites for hydroxylation is 1. The van der Waals surface area contributed by atoms with Crippen LogP contribution in [0.3, 0.4) is 0 Å². The molecule has 0 fully saturated rings. The molecule has 0 aromatic heterocycles. The number of benzene rings is 1. The van der Waals surface area contributed by atoms with E-state index in [1.807, 2.05) is 37.1 Å². The number of amidine groups is 1. The number of hydrogen-bond donors (Lipinski definition) is 3. The van der Waals surface area contributed by atoms with Crippen LogP contribution in [0.5, 0.6) is 0 Å². The summed E-state index contributed by atoms with van der Waals surface area (Å²) in [6, 6.07) is 5.67. The fourth-order valence-corrected chi connectivity index (χ4v) is 1.85. The average Bonchev–Trinajstić information content (AvgIpc) is 2.28. The summed E-state index contributed by atoms with van der Waals surface area (Å²) in [5, 5.41) is 17.1. The van der Waals surface area contributed by atoms with Gasteiger partial charge in [-0.25, -0.2) is 0 Å². The predicted octanol–water partition coefficient (Wildman–Crippen LogP) is 0.723. The molecule has 5 nitrogen and oxygen atoms in total. The minimum Gasteiger partial charge on any atom is -0.389 e. The molecule has 0 aliphatic rings. The molecule has 18 heavy (non-hydrogen) atoms. The molecule has 1 atom stereocenters. The first-order valence-electron chi connectivity index (χ1n) is 5.79. The van der Waals surface area contributed by atoms with Gasteiger partial charge in [0.2, 0.25) is 0 Å². The minimum atomic E-state index is -0.521. The third-order valence-corrected chi connectivity index (χ3v) is 2.78. The molecule has 100 valence electrons. The van der Waals surface area contributed by atoms with Crippen LogP contribution in [0.1, 0.15) is 11.1 Å². The zero-order chi connectivity index (χ0) is 13.7. The molecule has 1 unspecified atom stereocenters. The molecule has 1 aromatic rings. The lowest BCUT2D eigenvalue weighted by Gasteiger charge is -2.23. The van der Waals surface area contributed by atoms with Crippen LogP contribution < -0.4 is 10.6 Å². The van der Waals surface area contributed by atoms with Gasteiger partial charge in [0.1, 0.15) is 5.84 Å². The summed E-state index contributed by atoms with van der Waals surface area (Å²) in [6.07, 6.45) is -0.521. The van der Waals surface area contributed by atoms with Crippen molar-refractivity contribution in [3.63, 3.8) is 0 Å². The molecule has 4 N–H and O–H groups in total. The second-order valence-corrected chi connectivity index (χ2v) is 4.40. The molecule has 5 heteroatoms. The highest BCUT2D eigenvalue weighted by molar-refractivity contribution is 5.96. The normalized spacial score (nSPS) is 12.2. The van der Waals surface area contributed by atoms with Gasteiger partial charge in [-0.15, -0.1) is 0 Å². The van der Waals surface area contributed by atoms with E-state index in [1.54, 1.807) is 7.11 Å². The van der Waals surface area contributed by atoms with Crippen molar-refractivity contribution in [2.75, 3.05) is 32.2 Å². The maximum Gasteiger partial charge on any atom is 0.123 e. The Morgan fingerprint density at radius 1 is 1.56 bits per heavy atom. The van der Waals surface area contributed by atoms with Crippen LogP contribution in [-0.2, 0) is 4.74 Å². The Balaban J connectivity index is 2.78. The monoisotopic (exact) mass is 251 g/mol. The van der Waals surface area contributed by atoms with Crippen LogP contribution in [0, 0.1) is 12.3 Å². The first kappa shape index (κ1) is 14.5. The van der Waals surface area contributed by atoms with Gasteiger partial charge in [-0.3, -0.25) is 5.41 Å². The van der Waals surface area contributed by atoms with Crippen LogP contribution in [0.25, 0.3) is 0 Å². The van der Waals surface area contributed by atoms with Crippen LogP contribution >= 0.6 is 0 Å². The summed E-state index contributed by atoms with van der Waals surface area (Å²) in [7, 11) is 3.47. The first-order valence-corrected chi connectivity index (χ1v) is 5.79. The van der Waals surface area contributed by atoms with Gasteiger partial charge < -0.3 is 20.5 Å². The summed E-state index contributed by atoms with van der Waals surface area (Å²) < 4.78 is 4.89. The van der Waals surface area contributed by atoms with E-state index < -0.39 is 6.10 Å². The van der Waals surface area contributed by atoms with Crippen LogP contribution in [0.15, 0.2) is 18.2 Å². The highest BCUT2D eigenvalue weighted by Crippen LogP contribution is 2.18. The van der Waals surface area contributed by atoms with Crippen molar-refractivity contribution < 1.29 is 9.84 Å². The fraction of sp³-hybridized carbons (Fsp3) is 0.462. The number of nitrogens with two attached hydrogens (primary N) is 1. The lowest BCUT2D eigenvalue weighted by atomic mass is 10.1. The van der Waals surface area contributed by atoms with Crippen LogP contribution in [-0.4, -0.2) is 44.4 Å². The first-order chi connectivity index (χ1) is 8.45. The lowest BCUT2D eigenvalue weighted by Crippen LogP contribution is -2.32. The molecule has 0 aliphatic heterocycles. The Morgan fingerprint density at radius 3 is 2.72 bits per heavy atom. The summed E-state index contributed by atoms with van der Waals surface area (Å²) in [5.74, 6) is 0.0705. The van der Waals surface area contributed by atoms with E-state index in [9.17, 15) is 5.11 Å². The van der Waals surface area contributed by atoms with Crippen molar-refractivity contribution in [1.29, 1.82) is 5.41 Å².